The molecule has 0 spiro atoms. The molecule has 212 valence electrons. The fourth-order valence-electron chi connectivity index (χ4n) is 4.67. The monoisotopic (exact) mass is 567 g/mol. The molecule has 3 aromatic heterocycles. The van der Waals surface area contributed by atoms with Crippen LogP contribution in [0.1, 0.15) is 52.3 Å². The van der Waals surface area contributed by atoms with Crippen molar-refractivity contribution in [3.63, 3.8) is 0 Å². The van der Waals surface area contributed by atoms with Crippen molar-refractivity contribution in [1.29, 1.82) is 0 Å². The SMILES string of the molecule is CCN(CC)CCOCC(=O)c1c[nH]c(C=C2C(=O)N(Cc3ncc(C)c(OC)c3C)c3nc(N)nc(Cl)c32)c1. The molecular weight excluding hydrogens is 534 g/mol. The van der Waals surface area contributed by atoms with E-state index in [0.29, 0.717) is 40.7 Å². The van der Waals surface area contributed by atoms with Crippen molar-refractivity contribution in [3.8, 4) is 5.75 Å². The number of nitrogens with one attached hydrogen (secondary N) is 1. The van der Waals surface area contributed by atoms with Crippen molar-refractivity contribution >= 4 is 46.7 Å². The fraction of sp³-hybridized carbons (Fsp3) is 0.393. The van der Waals surface area contributed by atoms with Crippen molar-refractivity contribution in [2.24, 2.45) is 0 Å². The van der Waals surface area contributed by atoms with Gasteiger partial charge in [-0.15, -0.1) is 0 Å². The van der Waals surface area contributed by atoms with Crippen LogP contribution in [0.3, 0.4) is 0 Å². The molecule has 0 atom stereocenters. The van der Waals surface area contributed by atoms with Crippen molar-refractivity contribution < 1.29 is 19.1 Å². The van der Waals surface area contributed by atoms with Gasteiger partial charge in [-0.1, -0.05) is 25.4 Å². The van der Waals surface area contributed by atoms with Gasteiger partial charge in [-0.3, -0.25) is 19.5 Å². The standard InChI is InChI=1S/C28H34ClN7O4/c1-6-35(7-2)8-9-40-15-22(37)18-10-19(31-13-18)11-20-23-25(29)33-28(30)34-26(23)36(27(20)38)14-21-17(4)24(39-5)16(3)12-32-21/h10-13,31H,6-9,14-15H2,1-5H3,(H2,30,33,34). The molecule has 11 nitrogen and oxygen atoms in total. The summed E-state index contributed by atoms with van der Waals surface area (Å²) in [6, 6.07) is 1.67. The summed E-state index contributed by atoms with van der Waals surface area (Å²) in [5, 5.41) is 0.0558. The largest absolute Gasteiger partial charge is 0.496 e. The maximum absolute atomic E-state index is 13.7. The number of carbonyl (C=O) groups excluding carboxylic acids is 2. The number of aryl methyl sites for hydroxylation is 1. The number of likely N-dealkylation sites (N-methyl/N-ethyl adjacent to an activating group) is 1. The van der Waals surface area contributed by atoms with E-state index in [-0.39, 0.29) is 41.5 Å². The Balaban J connectivity index is 1.58. The maximum Gasteiger partial charge on any atom is 0.260 e. The van der Waals surface area contributed by atoms with Gasteiger partial charge in [-0.25, -0.2) is 4.98 Å². The molecule has 12 heteroatoms. The van der Waals surface area contributed by atoms with Gasteiger partial charge >= 0.3 is 0 Å². The van der Waals surface area contributed by atoms with Crippen LogP contribution < -0.4 is 15.4 Å². The van der Waals surface area contributed by atoms with E-state index in [2.05, 4.69) is 38.7 Å². The highest BCUT2D eigenvalue weighted by Crippen LogP contribution is 2.41. The molecule has 1 aliphatic heterocycles. The predicted molar refractivity (Wildman–Crippen MR) is 155 cm³/mol. The highest BCUT2D eigenvalue weighted by atomic mass is 35.5. The summed E-state index contributed by atoms with van der Waals surface area (Å²) in [6.07, 6.45) is 4.92. The average Bonchev–Trinajstić information content (AvgIpc) is 3.49. The van der Waals surface area contributed by atoms with Gasteiger partial charge in [0.05, 0.1) is 37.1 Å². The fourth-order valence-corrected chi connectivity index (χ4v) is 4.94. The van der Waals surface area contributed by atoms with E-state index in [4.69, 9.17) is 26.8 Å². The molecule has 0 unspecified atom stereocenters. The summed E-state index contributed by atoms with van der Waals surface area (Å²) in [5.41, 5.74) is 9.86. The van der Waals surface area contributed by atoms with Crippen LogP contribution in [-0.2, 0) is 16.1 Å². The van der Waals surface area contributed by atoms with E-state index in [1.54, 1.807) is 31.6 Å². The first-order valence-electron chi connectivity index (χ1n) is 13.1. The van der Waals surface area contributed by atoms with Crippen LogP contribution in [0.5, 0.6) is 5.75 Å². The zero-order valence-electron chi connectivity index (χ0n) is 23.4. The number of carbonyl (C=O) groups is 2. The van der Waals surface area contributed by atoms with Crippen LogP contribution in [0.15, 0.2) is 18.5 Å². The van der Waals surface area contributed by atoms with E-state index in [1.165, 1.54) is 4.90 Å². The number of methoxy groups -OCH3 is 1. The Bertz CT molecular complexity index is 1450. The van der Waals surface area contributed by atoms with Gasteiger partial charge in [0.1, 0.15) is 17.5 Å². The number of amides is 1. The second kappa shape index (κ2) is 12.6. The zero-order chi connectivity index (χ0) is 29.0. The normalized spacial score (nSPS) is 13.9. The smallest absolute Gasteiger partial charge is 0.260 e. The molecule has 40 heavy (non-hydrogen) atoms. The molecule has 0 saturated heterocycles. The van der Waals surface area contributed by atoms with Crippen molar-refractivity contribution in [2.75, 3.05) is 50.6 Å². The third-order valence-electron chi connectivity index (χ3n) is 6.93. The van der Waals surface area contributed by atoms with Gasteiger partial charge in [0.15, 0.2) is 11.6 Å². The van der Waals surface area contributed by atoms with Gasteiger partial charge in [-0.2, -0.15) is 4.98 Å². The molecule has 4 heterocycles. The number of pyridine rings is 1. The number of nitrogens with zero attached hydrogens (tertiary/aromatic N) is 5. The molecule has 1 aliphatic rings. The van der Waals surface area contributed by atoms with Crippen LogP contribution in [0, 0.1) is 13.8 Å². The van der Waals surface area contributed by atoms with Gasteiger partial charge in [0, 0.05) is 41.3 Å². The van der Waals surface area contributed by atoms with E-state index in [0.717, 1.165) is 30.8 Å². The number of ketones is 1. The second-order valence-corrected chi connectivity index (χ2v) is 9.77. The number of H-pyrrole nitrogens is 1. The lowest BCUT2D eigenvalue weighted by Crippen LogP contribution is -2.27. The Hall–Kier alpha value is -3.80. The van der Waals surface area contributed by atoms with Crippen molar-refractivity contribution in [1.82, 2.24) is 24.8 Å². The first-order valence-corrected chi connectivity index (χ1v) is 13.4. The molecule has 0 fully saturated rings. The van der Waals surface area contributed by atoms with E-state index in [1.807, 2.05) is 13.8 Å². The molecule has 0 aromatic carbocycles. The lowest BCUT2D eigenvalue weighted by atomic mass is 10.1. The molecule has 3 aromatic rings. The Morgan fingerprint density at radius 2 is 2.00 bits per heavy atom. The summed E-state index contributed by atoms with van der Waals surface area (Å²) in [7, 11) is 1.60. The topological polar surface area (TPSA) is 140 Å². The summed E-state index contributed by atoms with van der Waals surface area (Å²) in [5.74, 6) is 0.430. The quantitative estimate of drug-likeness (QED) is 0.145. The summed E-state index contributed by atoms with van der Waals surface area (Å²) >= 11 is 6.47. The van der Waals surface area contributed by atoms with Gasteiger partial charge in [0.2, 0.25) is 5.95 Å². The second-order valence-electron chi connectivity index (χ2n) is 9.41. The molecule has 0 radical (unpaired) electrons. The first kappa shape index (κ1) is 29.2. The minimum absolute atomic E-state index is 0.0318. The van der Waals surface area contributed by atoms with Crippen LogP contribution in [0.4, 0.5) is 11.8 Å². The minimum Gasteiger partial charge on any atom is -0.496 e. The number of Topliss-reactive ketones (excluding diaryl/α,β-unsaturated/α-hetero) is 1. The number of fused-ring (bicyclic) bond motifs is 1. The van der Waals surface area contributed by atoms with Crippen LogP contribution >= 0.6 is 11.6 Å². The number of nitrogens with two attached hydrogens (primary N) is 1. The molecule has 1 amide bonds. The number of halogens is 1. The number of nitrogen functional groups attached to an aromatic ring is 1. The lowest BCUT2D eigenvalue weighted by Gasteiger charge is -2.19. The minimum atomic E-state index is -0.347. The van der Waals surface area contributed by atoms with Gasteiger partial charge in [0.25, 0.3) is 5.91 Å². The number of aromatic amines is 1. The first-order chi connectivity index (χ1) is 19.2. The zero-order valence-corrected chi connectivity index (χ0v) is 24.1. The van der Waals surface area contributed by atoms with E-state index < -0.39 is 0 Å². The van der Waals surface area contributed by atoms with Gasteiger partial charge < -0.3 is 25.1 Å². The molecule has 0 saturated carbocycles. The third-order valence-corrected chi connectivity index (χ3v) is 7.20. The highest BCUT2D eigenvalue weighted by Gasteiger charge is 2.37. The number of rotatable bonds is 12. The molecule has 4 rings (SSSR count). The number of hydrogen-bond donors (Lipinski definition) is 2. The van der Waals surface area contributed by atoms with Crippen molar-refractivity contribution in [2.45, 2.75) is 34.2 Å². The summed E-state index contributed by atoms with van der Waals surface area (Å²) < 4.78 is 11.1. The maximum atomic E-state index is 13.7. The third kappa shape index (κ3) is 6.01. The predicted octanol–water partition coefficient (Wildman–Crippen LogP) is 3.69. The highest BCUT2D eigenvalue weighted by molar-refractivity contribution is 6.41. The van der Waals surface area contributed by atoms with Crippen LogP contribution in [0.25, 0.3) is 11.6 Å². The van der Waals surface area contributed by atoms with E-state index in [9.17, 15) is 9.59 Å². The Morgan fingerprint density at radius 1 is 1.25 bits per heavy atom. The molecule has 3 N–H and O–H groups in total. The Labute approximate surface area is 238 Å². The number of anilines is 2. The number of hydrogen-bond acceptors (Lipinski definition) is 9. The van der Waals surface area contributed by atoms with Crippen LogP contribution in [-0.4, -0.2) is 76.5 Å². The molecule has 0 aliphatic carbocycles. The Morgan fingerprint density at radius 3 is 2.70 bits per heavy atom. The van der Waals surface area contributed by atoms with Crippen molar-refractivity contribution in [3.05, 3.63) is 57.3 Å². The summed E-state index contributed by atoms with van der Waals surface area (Å²) in [6.45, 7) is 11.2. The van der Waals surface area contributed by atoms with E-state index >= 15 is 0 Å². The molecule has 0 bridgehead atoms. The average molecular weight is 568 g/mol. The summed E-state index contributed by atoms with van der Waals surface area (Å²) in [4.78, 5) is 46.0. The lowest BCUT2D eigenvalue weighted by molar-refractivity contribution is -0.113. The van der Waals surface area contributed by atoms with Crippen LogP contribution in [0.2, 0.25) is 5.15 Å². The Kier molecular flexibility index (Phi) is 9.18. The number of ether oxygens (including phenoxy) is 2. The molecular formula is C28H34ClN7O4. The van der Waals surface area contributed by atoms with Gasteiger partial charge in [-0.05, 0) is 39.1 Å². The number of aromatic nitrogens is 4.